The molecule has 0 amide bonds. The van der Waals surface area contributed by atoms with Crippen molar-refractivity contribution in [3.63, 3.8) is 0 Å². The van der Waals surface area contributed by atoms with Crippen molar-refractivity contribution in [1.29, 1.82) is 0 Å². The Morgan fingerprint density at radius 1 is 1.25 bits per heavy atom. The fraction of sp³-hybridized carbons (Fsp3) is 0.714. The largest absolute Gasteiger partial charge is 0.370 e. The highest BCUT2D eigenvalue weighted by Gasteiger charge is 2.16. The van der Waals surface area contributed by atoms with Gasteiger partial charge in [-0.25, -0.2) is 0 Å². The van der Waals surface area contributed by atoms with E-state index in [1.165, 1.54) is 19.3 Å². The number of nitrogens with zero attached hydrogens (tertiary/aromatic N) is 2. The van der Waals surface area contributed by atoms with Crippen molar-refractivity contribution in [2.45, 2.75) is 19.3 Å². The second-order valence-corrected chi connectivity index (χ2v) is 3.03. The molecule has 1 rings (SSSR count). The number of rotatable bonds is 2. The predicted molar refractivity (Wildman–Crippen MR) is 49.6 cm³/mol. The SMILES string of the molecule is NC(N)=NC(N)=NCC1CCC1. The molecule has 1 aliphatic carbocycles. The van der Waals surface area contributed by atoms with Gasteiger partial charge in [-0.1, -0.05) is 6.42 Å². The molecular weight excluding hydrogens is 154 g/mol. The van der Waals surface area contributed by atoms with E-state index in [1.807, 2.05) is 0 Å². The zero-order chi connectivity index (χ0) is 8.97. The van der Waals surface area contributed by atoms with Gasteiger partial charge in [0.1, 0.15) is 0 Å². The average molecular weight is 169 g/mol. The van der Waals surface area contributed by atoms with E-state index < -0.39 is 0 Å². The van der Waals surface area contributed by atoms with E-state index in [9.17, 15) is 0 Å². The molecule has 6 N–H and O–H groups in total. The molecule has 0 heterocycles. The van der Waals surface area contributed by atoms with E-state index in [-0.39, 0.29) is 11.9 Å². The van der Waals surface area contributed by atoms with Crippen molar-refractivity contribution in [2.24, 2.45) is 33.1 Å². The lowest BCUT2D eigenvalue weighted by Gasteiger charge is -2.22. The summed E-state index contributed by atoms with van der Waals surface area (Å²) in [5, 5.41) is 0. The van der Waals surface area contributed by atoms with Crippen LogP contribution in [0.4, 0.5) is 0 Å². The molecule has 0 atom stereocenters. The Morgan fingerprint density at radius 3 is 2.33 bits per heavy atom. The van der Waals surface area contributed by atoms with Gasteiger partial charge in [0.15, 0.2) is 5.96 Å². The first-order valence-corrected chi connectivity index (χ1v) is 4.08. The zero-order valence-corrected chi connectivity index (χ0v) is 7.03. The van der Waals surface area contributed by atoms with Crippen LogP contribution in [-0.4, -0.2) is 18.5 Å². The van der Waals surface area contributed by atoms with Crippen LogP contribution in [0.1, 0.15) is 19.3 Å². The molecule has 1 fully saturated rings. The summed E-state index contributed by atoms with van der Waals surface area (Å²) in [6.07, 6.45) is 3.81. The molecule has 0 bridgehead atoms. The Hall–Kier alpha value is -1.26. The van der Waals surface area contributed by atoms with Crippen LogP contribution in [0.3, 0.4) is 0 Å². The van der Waals surface area contributed by atoms with Gasteiger partial charge < -0.3 is 17.2 Å². The van der Waals surface area contributed by atoms with E-state index in [2.05, 4.69) is 9.98 Å². The maximum Gasteiger partial charge on any atom is 0.218 e. The van der Waals surface area contributed by atoms with Gasteiger partial charge in [0.05, 0.1) is 0 Å². The third-order valence-electron chi connectivity index (χ3n) is 1.98. The second-order valence-electron chi connectivity index (χ2n) is 3.03. The van der Waals surface area contributed by atoms with Crippen molar-refractivity contribution >= 4 is 11.9 Å². The molecule has 0 spiro atoms. The number of hydrogen-bond donors (Lipinski definition) is 3. The van der Waals surface area contributed by atoms with Crippen molar-refractivity contribution in [1.82, 2.24) is 0 Å². The molecule has 0 aromatic rings. The summed E-state index contributed by atoms with van der Waals surface area (Å²) < 4.78 is 0. The Balaban J connectivity index is 2.29. The summed E-state index contributed by atoms with van der Waals surface area (Å²) in [7, 11) is 0. The number of aliphatic imine (C=N–C) groups is 2. The fourth-order valence-corrected chi connectivity index (χ4v) is 1.07. The van der Waals surface area contributed by atoms with Crippen LogP contribution in [0.25, 0.3) is 0 Å². The predicted octanol–water partition coefficient (Wildman–Crippen LogP) is -0.625. The minimum atomic E-state index is -0.0372. The van der Waals surface area contributed by atoms with Crippen molar-refractivity contribution in [2.75, 3.05) is 6.54 Å². The number of nitrogens with two attached hydrogens (primary N) is 3. The summed E-state index contributed by atoms with van der Waals surface area (Å²) in [6.45, 7) is 0.753. The molecule has 68 valence electrons. The molecule has 5 heteroatoms. The first kappa shape index (κ1) is 8.83. The Bertz CT molecular complexity index is 200. The maximum absolute atomic E-state index is 5.40. The highest BCUT2D eigenvalue weighted by Crippen LogP contribution is 2.26. The molecular formula is C7H15N5. The first-order valence-electron chi connectivity index (χ1n) is 4.08. The standard InChI is InChI=1S/C7H15N5/c8-6(9)12-7(10)11-4-5-2-1-3-5/h5H,1-4H2,(H6,8,9,10,11,12). The van der Waals surface area contributed by atoms with Crippen molar-refractivity contribution < 1.29 is 0 Å². The smallest absolute Gasteiger partial charge is 0.218 e. The zero-order valence-electron chi connectivity index (χ0n) is 7.03. The minimum absolute atomic E-state index is 0.0372. The molecule has 0 aromatic heterocycles. The van der Waals surface area contributed by atoms with Crippen LogP contribution in [0.5, 0.6) is 0 Å². The van der Waals surface area contributed by atoms with E-state index in [0.29, 0.717) is 5.92 Å². The van der Waals surface area contributed by atoms with E-state index in [0.717, 1.165) is 6.54 Å². The van der Waals surface area contributed by atoms with Crippen molar-refractivity contribution in [3.05, 3.63) is 0 Å². The highest BCUT2D eigenvalue weighted by molar-refractivity contribution is 5.92. The molecule has 5 nitrogen and oxygen atoms in total. The third kappa shape index (κ3) is 2.77. The Kier molecular flexibility index (Phi) is 2.90. The summed E-state index contributed by atoms with van der Waals surface area (Å²) in [4.78, 5) is 7.64. The number of guanidine groups is 2. The topological polar surface area (TPSA) is 103 Å². The second kappa shape index (κ2) is 3.94. The van der Waals surface area contributed by atoms with Crippen LogP contribution in [0, 0.1) is 5.92 Å². The van der Waals surface area contributed by atoms with Crippen LogP contribution < -0.4 is 17.2 Å². The van der Waals surface area contributed by atoms with Crippen molar-refractivity contribution in [3.8, 4) is 0 Å². The highest BCUT2D eigenvalue weighted by atomic mass is 15.1. The van der Waals surface area contributed by atoms with Crippen LogP contribution in [0.2, 0.25) is 0 Å². The Morgan fingerprint density at radius 2 is 1.92 bits per heavy atom. The molecule has 0 unspecified atom stereocenters. The lowest BCUT2D eigenvalue weighted by atomic mass is 9.86. The first-order chi connectivity index (χ1) is 5.68. The quantitative estimate of drug-likeness (QED) is 0.379. The molecule has 0 aliphatic heterocycles. The van der Waals surface area contributed by atoms with Crippen LogP contribution >= 0.6 is 0 Å². The summed E-state index contributed by atoms with van der Waals surface area (Å²) in [5.74, 6) is 0.838. The van der Waals surface area contributed by atoms with Gasteiger partial charge in [-0.05, 0) is 18.8 Å². The van der Waals surface area contributed by atoms with Gasteiger partial charge in [-0.3, -0.25) is 4.99 Å². The van der Waals surface area contributed by atoms with Gasteiger partial charge in [0.2, 0.25) is 5.96 Å². The normalized spacial score (nSPS) is 18.5. The molecule has 0 radical (unpaired) electrons. The fourth-order valence-electron chi connectivity index (χ4n) is 1.07. The monoisotopic (exact) mass is 169 g/mol. The van der Waals surface area contributed by atoms with Gasteiger partial charge >= 0.3 is 0 Å². The van der Waals surface area contributed by atoms with Crippen LogP contribution in [0.15, 0.2) is 9.98 Å². The Labute approximate surface area is 71.7 Å². The van der Waals surface area contributed by atoms with Gasteiger partial charge in [0.25, 0.3) is 0 Å². The molecule has 1 aliphatic rings. The van der Waals surface area contributed by atoms with E-state index >= 15 is 0 Å². The van der Waals surface area contributed by atoms with Gasteiger partial charge in [-0.2, -0.15) is 4.99 Å². The minimum Gasteiger partial charge on any atom is -0.370 e. The molecule has 12 heavy (non-hydrogen) atoms. The summed E-state index contributed by atoms with van der Waals surface area (Å²) in [6, 6.07) is 0. The lowest BCUT2D eigenvalue weighted by molar-refractivity contribution is 0.326. The lowest BCUT2D eigenvalue weighted by Crippen LogP contribution is -2.27. The molecule has 0 saturated heterocycles. The molecule has 1 saturated carbocycles. The van der Waals surface area contributed by atoms with Gasteiger partial charge in [-0.15, -0.1) is 0 Å². The van der Waals surface area contributed by atoms with Gasteiger partial charge in [0, 0.05) is 6.54 Å². The number of hydrogen-bond acceptors (Lipinski definition) is 1. The van der Waals surface area contributed by atoms with E-state index in [1.54, 1.807) is 0 Å². The summed E-state index contributed by atoms with van der Waals surface area (Å²) >= 11 is 0. The third-order valence-corrected chi connectivity index (χ3v) is 1.98. The average Bonchev–Trinajstić information content (AvgIpc) is 1.81. The molecule has 0 aromatic carbocycles. The van der Waals surface area contributed by atoms with E-state index in [4.69, 9.17) is 17.2 Å². The summed E-state index contributed by atoms with van der Waals surface area (Å²) in [5.41, 5.74) is 15.6. The van der Waals surface area contributed by atoms with Crippen LogP contribution in [-0.2, 0) is 0 Å². The maximum atomic E-state index is 5.40.